The molecule has 0 radical (unpaired) electrons. The Bertz CT molecular complexity index is 632. The number of rotatable bonds is 5. The Hall–Kier alpha value is -2.41. The van der Waals surface area contributed by atoms with Crippen LogP contribution in [0.1, 0.15) is 12.2 Å². The molecular formula is C15H19N5O2. The van der Waals surface area contributed by atoms with Crippen molar-refractivity contribution in [2.45, 2.75) is 13.0 Å². The minimum absolute atomic E-state index is 0.0592. The van der Waals surface area contributed by atoms with Crippen LogP contribution < -0.4 is 15.4 Å². The van der Waals surface area contributed by atoms with E-state index in [1.165, 1.54) is 0 Å². The summed E-state index contributed by atoms with van der Waals surface area (Å²) in [6, 6.07) is 7.52. The number of nitrogens with zero attached hydrogens (tertiary/aromatic N) is 2. The summed E-state index contributed by atoms with van der Waals surface area (Å²) >= 11 is 0. The molecule has 1 aliphatic heterocycles. The van der Waals surface area contributed by atoms with Gasteiger partial charge in [0, 0.05) is 12.1 Å². The summed E-state index contributed by atoms with van der Waals surface area (Å²) in [5.41, 5.74) is 0.898. The molecule has 1 unspecified atom stereocenters. The number of carbonyl (C=O) groups excluding carboxylic acids is 1. The van der Waals surface area contributed by atoms with E-state index in [1.807, 2.05) is 24.3 Å². The fourth-order valence-electron chi connectivity index (χ4n) is 2.44. The third-order valence-electron chi connectivity index (χ3n) is 3.74. The van der Waals surface area contributed by atoms with Gasteiger partial charge >= 0.3 is 0 Å². The highest BCUT2D eigenvalue weighted by Gasteiger charge is 2.22. The second kappa shape index (κ2) is 6.57. The van der Waals surface area contributed by atoms with E-state index in [9.17, 15) is 4.79 Å². The van der Waals surface area contributed by atoms with Crippen LogP contribution in [-0.2, 0) is 11.3 Å². The van der Waals surface area contributed by atoms with Crippen molar-refractivity contribution in [3.05, 3.63) is 30.1 Å². The number of hydrogen-bond acceptors (Lipinski definition) is 5. The zero-order valence-electron chi connectivity index (χ0n) is 12.4. The maximum absolute atomic E-state index is 11.9. The Morgan fingerprint density at radius 2 is 2.23 bits per heavy atom. The predicted molar refractivity (Wildman–Crippen MR) is 81.2 cm³/mol. The molecule has 1 fully saturated rings. The minimum Gasteiger partial charge on any atom is -0.497 e. The third kappa shape index (κ3) is 3.25. The lowest BCUT2D eigenvalue weighted by atomic mass is 10.1. The summed E-state index contributed by atoms with van der Waals surface area (Å²) in [6.07, 6.45) is 0.888. The van der Waals surface area contributed by atoms with Gasteiger partial charge in [-0.15, -0.1) is 0 Å². The van der Waals surface area contributed by atoms with Gasteiger partial charge in [0.15, 0.2) is 5.82 Å². The van der Waals surface area contributed by atoms with Gasteiger partial charge in [-0.25, -0.2) is 4.98 Å². The highest BCUT2D eigenvalue weighted by molar-refractivity contribution is 5.79. The Morgan fingerprint density at radius 3 is 2.91 bits per heavy atom. The van der Waals surface area contributed by atoms with Gasteiger partial charge in [-0.3, -0.25) is 9.89 Å². The molecule has 1 amide bonds. The maximum atomic E-state index is 11.9. The Morgan fingerprint density at radius 1 is 1.41 bits per heavy atom. The zero-order chi connectivity index (χ0) is 15.4. The number of benzene rings is 1. The van der Waals surface area contributed by atoms with E-state index in [4.69, 9.17) is 4.74 Å². The van der Waals surface area contributed by atoms with Crippen LogP contribution in [0.15, 0.2) is 24.3 Å². The number of hydrogen-bond donors (Lipinski definition) is 3. The summed E-state index contributed by atoms with van der Waals surface area (Å²) in [6.45, 7) is 2.01. The highest BCUT2D eigenvalue weighted by atomic mass is 16.5. The second-order valence-electron chi connectivity index (χ2n) is 5.24. The minimum atomic E-state index is 0.0592. The fraction of sp³-hybridized carbons (Fsp3) is 0.400. The van der Waals surface area contributed by atoms with E-state index < -0.39 is 0 Å². The van der Waals surface area contributed by atoms with Crippen molar-refractivity contribution in [1.29, 1.82) is 0 Å². The van der Waals surface area contributed by atoms with Crippen molar-refractivity contribution in [3.8, 4) is 17.1 Å². The fourth-order valence-corrected chi connectivity index (χ4v) is 2.44. The quantitative estimate of drug-likeness (QED) is 0.756. The van der Waals surface area contributed by atoms with Crippen LogP contribution in [0.4, 0.5) is 0 Å². The maximum Gasteiger partial charge on any atom is 0.224 e. The monoisotopic (exact) mass is 301 g/mol. The molecule has 7 heteroatoms. The summed E-state index contributed by atoms with van der Waals surface area (Å²) in [7, 11) is 1.63. The van der Waals surface area contributed by atoms with E-state index in [0.717, 1.165) is 30.8 Å². The number of ether oxygens (including phenoxy) is 1. The van der Waals surface area contributed by atoms with Gasteiger partial charge < -0.3 is 15.4 Å². The van der Waals surface area contributed by atoms with Crippen LogP contribution in [0.3, 0.4) is 0 Å². The average molecular weight is 301 g/mol. The lowest BCUT2D eigenvalue weighted by molar-refractivity contribution is -0.124. The van der Waals surface area contributed by atoms with Crippen LogP contribution >= 0.6 is 0 Å². The first-order chi connectivity index (χ1) is 10.8. The molecule has 7 nitrogen and oxygen atoms in total. The first kappa shape index (κ1) is 14.5. The number of aromatic nitrogens is 3. The molecule has 1 aromatic heterocycles. The van der Waals surface area contributed by atoms with Crippen LogP contribution in [0, 0.1) is 5.92 Å². The molecule has 2 heterocycles. The third-order valence-corrected chi connectivity index (χ3v) is 3.74. The summed E-state index contributed by atoms with van der Waals surface area (Å²) in [5.74, 6) is 2.16. The van der Waals surface area contributed by atoms with Crippen LogP contribution in [0.25, 0.3) is 11.4 Å². The smallest absolute Gasteiger partial charge is 0.224 e. The van der Waals surface area contributed by atoms with E-state index in [-0.39, 0.29) is 11.8 Å². The normalized spacial score (nSPS) is 17.4. The van der Waals surface area contributed by atoms with Crippen molar-refractivity contribution in [2.75, 3.05) is 20.2 Å². The largest absolute Gasteiger partial charge is 0.497 e. The topological polar surface area (TPSA) is 91.9 Å². The second-order valence-corrected chi connectivity index (χ2v) is 5.24. The van der Waals surface area contributed by atoms with Crippen LogP contribution in [-0.4, -0.2) is 41.3 Å². The van der Waals surface area contributed by atoms with Gasteiger partial charge in [-0.2, -0.15) is 5.10 Å². The van der Waals surface area contributed by atoms with E-state index in [1.54, 1.807) is 7.11 Å². The van der Waals surface area contributed by atoms with Gasteiger partial charge in [0.25, 0.3) is 0 Å². The van der Waals surface area contributed by atoms with E-state index in [0.29, 0.717) is 18.2 Å². The van der Waals surface area contributed by atoms with Gasteiger partial charge in [0.2, 0.25) is 5.91 Å². The molecule has 22 heavy (non-hydrogen) atoms. The lowest BCUT2D eigenvalue weighted by Crippen LogP contribution is -2.31. The molecule has 1 saturated heterocycles. The molecular weight excluding hydrogens is 282 g/mol. The number of nitrogens with one attached hydrogen (secondary N) is 3. The molecule has 3 rings (SSSR count). The molecule has 0 bridgehead atoms. The molecule has 3 N–H and O–H groups in total. The van der Waals surface area contributed by atoms with Gasteiger partial charge in [-0.05, 0) is 37.2 Å². The van der Waals surface area contributed by atoms with Gasteiger partial charge in [0.1, 0.15) is 11.6 Å². The first-order valence-corrected chi connectivity index (χ1v) is 7.30. The number of H-pyrrole nitrogens is 1. The molecule has 1 aromatic carbocycles. The SMILES string of the molecule is COc1ccc(-c2n[nH]c(CNC(=O)C3CCNC3)n2)cc1. The first-order valence-electron chi connectivity index (χ1n) is 7.30. The Labute approximate surface area is 128 Å². The predicted octanol–water partition coefficient (Wildman–Crippen LogP) is 0.706. The summed E-state index contributed by atoms with van der Waals surface area (Å²) in [4.78, 5) is 16.3. The lowest BCUT2D eigenvalue weighted by Gasteiger charge is -2.07. The van der Waals surface area contributed by atoms with Crippen LogP contribution in [0.2, 0.25) is 0 Å². The highest BCUT2D eigenvalue weighted by Crippen LogP contribution is 2.18. The summed E-state index contributed by atoms with van der Waals surface area (Å²) < 4.78 is 5.12. The Balaban J connectivity index is 1.59. The van der Waals surface area contributed by atoms with E-state index in [2.05, 4.69) is 25.8 Å². The molecule has 1 aliphatic rings. The molecule has 0 spiro atoms. The van der Waals surface area contributed by atoms with Crippen molar-refractivity contribution in [2.24, 2.45) is 5.92 Å². The van der Waals surface area contributed by atoms with Crippen molar-refractivity contribution < 1.29 is 9.53 Å². The van der Waals surface area contributed by atoms with Crippen molar-refractivity contribution >= 4 is 5.91 Å². The number of amides is 1. The molecule has 1 atom stereocenters. The molecule has 0 aliphatic carbocycles. The molecule has 2 aromatic rings. The van der Waals surface area contributed by atoms with Crippen LogP contribution in [0.5, 0.6) is 5.75 Å². The standard InChI is InChI=1S/C15H19N5O2/c1-22-12-4-2-10(3-5-12)14-18-13(19-20-14)9-17-15(21)11-6-7-16-8-11/h2-5,11,16H,6-9H2,1H3,(H,17,21)(H,18,19,20). The van der Waals surface area contributed by atoms with Crippen molar-refractivity contribution in [1.82, 2.24) is 25.8 Å². The van der Waals surface area contributed by atoms with E-state index >= 15 is 0 Å². The number of aromatic amines is 1. The van der Waals surface area contributed by atoms with Gasteiger partial charge in [-0.1, -0.05) is 0 Å². The molecule has 0 saturated carbocycles. The number of carbonyl (C=O) groups is 1. The zero-order valence-corrected chi connectivity index (χ0v) is 12.4. The Kier molecular flexibility index (Phi) is 4.34. The molecule has 116 valence electrons. The average Bonchev–Trinajstić information content (AvgIpc) is 3.24. The van der Waals surface area contributed by atoms with Gasteiger partial charge in [0.05, 0.1) is 19.6 Å². The summed E-state index contributed by atoms with van der Waals surface area (Å²) in [5, 5.41) is 13.1. The number of methoxy groups -OCH3 is 1. The van der Waals surface area contributed by atoms with Crippen molar-refractivity contribution in [3.63, 3.8) is 0 Å².